The van der Waals surface area contributed by atoms with Gasteiger partial charge in [-0.1, -0.05) is 24.3 Å². The highest BCUT2D eigenvalue weighted by molar-refractivity contribution is 6.27. The van der Waals surface area contributed by atoms with Crippen LogP contribution < -0.4 is 5.32 Å². The van der Waals surface area contributed by atoms with E-state index in [0.717, 1.165) is 29.0 Å². The number of carbonyl (C=O) groups excluding carboxylic acids is 5. The number of aryl methyl sites for hydroxylation is 2. The normalized spacial score (nSPS) is 15.3. The summed E-state index contributed by atoms with van der Waals surface area (Å²) in [7, 11) is 1.95. The second-order valence-corrected chi connectivity index (χ2v) is 11.9. The lowest BCUT2D eigenvalue weighted by atomic mass is 9.91. The third-order valence-corrected chi connectivity index (χ3v) is 9.04. The van der Waals surface area contributed by atoms with Crippen LogP contribution in [-0.2, 0) is 17.6 Å². The summed E-state index contributed by atoms with van der Waals surface area (Å²) in [6.45, 7) is 3.23. The first kappa shape index (κ1) is 27.9. The van der Waals surface area contributed by atoms with Gasteiger partial charge in [0.05, 0.1) is 5.56 Å². The van der Waals surface area contributed by atoms with Crippen LogP contribution in [0, 0.1) is 0 Å². The Labute approximate surface area is 254 Å². The van der Waals surface area contributed by atoms with Crippen LogP contribution >= 0.6 is 0 Å². The molecule has 2 heterocycles. The van der Waals surface area contributed by atoms with Crippen molar-refractivity contribution in [3.8, 4) is 0 Å². The first-order chi connectivity index (χ1) is 21.2. The molecule has 5 amide bonds. The molecule has 9 nitrogen and oxygen atoms in total. The van der Waals surface area contributed by atoms with Gasteiger partial charge in [0.25, 0.3) is 23.6 Å². The number of nitrogens with one attached hydrogen (secondary N) is 1. The van der Waals surface area contributed by atoms with Gasteiger partial charge in [-0.3, -0.25) is 33.8 Å². The molecule has 1 aliphatic carbocycles. The lowest BCUT2D eigenvalue weighted by Gasteiger charge is -2.29. The molecular formula is C35H32N4O5. The predicted octanol–water partition coefficient (Wildman–Crippen LogP) is 4.65. The van der Waals surface area contributed by atoms with Crippen molar-refractivity contribution in [3.05, 3.63) is 88.0 Å². The fourth-order valence-electron chi connectivity index (χ4n) is 7.02. The third-order valence-electron chi connectivity index (χ3n) is 9.04. The van der Waals surface area contributed by atoms with E-state index in [4.69, 9.17) is 0 Å². The minimum Gasteiger partial charge on any atom is -0.326 e. The Hall–Kier alpha value is -4.89. The van der Waals surface area contributed by atoms with Gasteiger partial charge in [0.1, 0.15) is 0 Å². The van der Waals surface area contributed by atoms with E-state index in [1.165, 1.54) is 27.9 Å². The maximum absolute atomic E-state index is 13.4. The molecule has 0 fully saturated rings. The van der Waals surface area contributed by atoms with Crippen molar-refractivity contribution in [2.75, 3.05) is 38.5 Å². The van der Waals surface area contributed by atoms with Crippen LogP contribution in [0.15, 0.2) is 54.6 Å². The third kappa shape index (κ3) is 4.46. The molecule has 4 aromatic rings. The van der Waals surface area contributed by atoms with Gasteiger partial charge in [0.2, 0.25) is 5.91 Å². The SMILES string of the molecule is CC(=O)Nc1cc2c3c(cccc3c1)C(=O)N(CCCN(C)CCCN1C(=O)c3ccc4c5c(ccc(c35)C1=O)CC4)C2=O. The van der Waals surface area contributed by atoms with Gasteiger partial charge in [-0.05, 0) is 98.1 Å². The molecule has 9 heteroatoms. The van der Waals surface area contributed by atoms with Crippen LogP contribution in [0.4, 0.5) is 5.69 Å². The van der Waals surface area contributed by atoms with E-state index in [-0.39, 0.29) is 36.1 Å². The van der Waals surface area contributed by atoms with Crippen molar-refractivity contribution in [3.63, 3.8) is 0 Å². The summed E-state index contributed by atoms with van der Waals surface area (Å²) in [5.74, 6) is -1.41. The summed E-state index contributed by atoms with van der Waals surface area (Å²) < 4.78 is 0. The van der Waals surface area contributed by atoms with Crippen LogP contribution in [0.1, 0.15) is 72.3 Å². The Morgan fingerprint density at radius 2 is 1.25 bits per heavy atom. The second kappa shape index (κ2) is 10.7. The van der Waals surface area contributed by atoms with Crippen LogP contribution in [0.2, 0.25) is 0 Å². The number of hydrogen-bond donors (Lipinski definition) is 1. The van der Waals surface area contributed by atoms with Gasteiger partial charge in [-0.25, -0.2) is 0 Å². The van der Waals surface area contributed by atoms with E-state index >= 15 is 0 Å². The number of rotatable bonds is 9. The maximum Gasteiger partial charge on any atom is 0.261 e. The first-order valence-corrected chi connectivity index (χ1v) is 15.1. The molecule has 0 radical (unpaired) electrons. The number of amides is 5. The fourth-order valence-corrected chi connectivity index (χ4v) is 7.02. The average molecular weight is 589 g/mol. The molecule has 3 aliphatic rings. The molecule has 0 saturated carbocycles. The molecule has 1 N–H and O–H groups in total. The van der Waals surface area contributed by atoms with Crippen LogP contribution in [0.3, 0.4) is 0 Å². The zero-order valence-electron chi connectivity index (χ0n) is 24.7. The maximum atomic E-state index is 13.4. The van der Waals surface area contributed by atoms with Crippen molar-refractivity contribution in [2.45, 2.75) is 32.6 Å². The van der Waals surface area contributed by atoms with E-state index in [2.05, 4.69) is 10.2 Å². The lowest BCUT2D eigenvalue weighted by Crippen LogP contribution is -2.42. The predicted molar refractivity (Wildman–Crippen MR) is 167 cm³/mol. The highest BCUT2D eigenvalue weighted by atomic mass is 16.2. The molecular weight excluding hydrogens is 556 g/mol. The van der Waals surface area contributed by atoms with Gasteiger partial charge < -0.3 is 10.2 Å². The molecule has 0 saturated heterocycles. The summed E-state index contributed by atoms with van der Waals surface area (Å²) in [5.41, 5.74) is 5.01. The standard InChI is InChI=1S/C35H32N4O5/c1-20(40)36-24-18-23-6-3-7-25-30(23)28(19-24)35(44)39(32(25)41)17-5-15-37(2)14-4-16-38-33(42)26-12-10-21-8-9-22-11-13-27(34(38)43)31(26)29(21)22/h3,6-7,10-13,18-19H,4-5,8-9,14-17H2,1-2H3,(H,36,40). The molecule has 44 heavy (non-hydrogen) atoms. The molecule has 0 atom stereocenters. The van der Waals surface area contributed by atoms with Gasteiger partial charge in [-0.15, -0.1) is 0 Å². The van der Waals surface area contributed by atoms with Crippen LogP contribution in [-0.4, -0.2) is 77.5 Å². The highest BCUT2D eigenvalue weighted by Crippen LogP contribution is 2.38. The average Bonchev–Trinajstić information content (AvgIpc) is 3.43. The Bertz CT molecular complexity index is 1890. The lowest BCUT2D eigenvalue weighted by molar-refractivity contribution is -0.114. The highest BCUT2D eigenvalue weighted by Gasteiger charge is 2.35. The monoisotopic (exact) mass is 588 g/mol. The number of benzene rings is 4. The topological polar surface area (TPSA) is 107 Å². The second-order valence-electron chi connectivity index (χ2n) is 11.9. The van der Waals surface area contributed by atoms with E-state index in [1.807, 2.05) is 37.4 Å². The van der Waals surface area contributed by atoms with E-state index < -0.39 is 0 Å². The van der Waals surface area contributed by atoms with Gasteiger partial charge in [-0.2, -0.15) is 0 Å². The number of hydrogen-bond acceptors (Lipinski definition) is 6. The summed E-state index contributed by atoms with van der Waals surface area (Å²) in [4.78, 5) is 69.9. The minimum absolute atomic E-state index is 0.236. The van der Waals surface area contributed by atoms with E-state index in [9.17, 15) is 24.0 Å². The van der Waals surface area contributed by atoms with Gasteiger partial charge >= 0.3 is 0 Å². The molecule has 4 aromatic carbocycles. The van der Waals surface area contributed by atoms with E-state index in [0.29, 0.717) is 65.8 Å². The Morgan fingerprint density at radius 1 is 0.705 bits per heavy atom. The zero-order chi connectivity index (χ0) is 30.7. The van der Waals surface area contributed by atoms with Crippen LogP contribution in [0.5, 0.6) is 0 Å². The Morgan fingerprint density at radius 3 is 1.82 bits per heavy atom. The Kier molecular flexibility index (Phi) is 6.77. The zero-order valence-corrected chi connectivity index (χ0v) is 24.7. The van der Waals surface area contributed by atoms with Crippen LogP contribution in [0.25, 0.3) is 21.5 Å². The molecule has 2 aliphatic heterocycles. The minimum atomic E-state index is -0.374. The van der Waals surface area contributed by atoms with Crippen molar-refractivity contribution in [1.29, 1.82) is 0 Å². The fraction of sp³-hybridized carbons (Fsp3) is 0.286. The molecule has 222 valence electrons. The van der Waals surface area contributed by atoms with Crippen molar-refractivity contribution in [1.82, 2.24) is 14.7 Å². The number of anilines is 1. The van der Waals surface area contributed by atoms with Crippen molar-refractivity contribution < 1.29 is 24.0 Å². The molecule has 7 rings (SSSR count). The molecule has 0 unspecified atom stereocenters. The summed E-state index contributed by atoms with van der Waals surface area (Å²) in [6, 6.07) is 16.5. The molecule has 0 bridgehead atoms. The summed E-state index contributed by atoms with van der Waals surface area (Å²) in [5, 5.41) is 5.97. The van der Waals surface area contributed by atoms with Crippen molar-refractivity contribution in [2.24, 2.45) is 0 Å². The molecule has 0 aromatic heterocycles. The smallest absolute Gasteiger partial charge is 0.261 e. The quantitative estimate of drug-likeness (QED) is 0.285. The summed E-state index contributed by atoms with van der Waals surface area (Å²) in [6.07, 6.45) is 3.05. The Balaban J connectivity index is 0.970. The largest absolute Gasteiger partial charge is 0.326 e. The first-order valence-electron chi connectivity index (χ1n) is 15.1. The number of nitrogens with zero attached hydrogens (tertiary/aromatic N) is 3. The van der Waals surface area contributed by atoms with Gasteiger partial charge in [0.15, 0.2) is 0 Å². The molecule has 0 spiro atoms. The summed E-state index contributed by atoms with van der Waals surface area (Å²) >= 11 is 0. The van der Waals surface area contributed by atoms with E-state index in [1.54, 1.807) is 24.3 Å². The van der Waals surface area contributed by atoms with Crippen molar-refractivity contribution >= 4 is 56.8 Å². The number of carbonyl (C=O) groups is 5. The van der Waals surface area contributed by atoms with Gasteiger partial charge in [0, 0.05) is 53.2 Å². The number of imide groups is 2.